The third-order valence-corrected chi connectivity index (χ3v) is 2.89. The van der Waals surface area contributed by atoms with E-state index in [1.165, 1.54) is 0 Å². The van der Waals surface area contributed by atoms with Crippen LogP contribution >= 0.6 is 0 Å². The smallest absolute Gasteiger partial charge is 0.319 e. The van der Waals surface area contributed by atoms with Crippen LogP contribution in [0.1, 0.15) is 32.8 Å². The van der Waals surface area contributed by atoms with Crippen molar-refractivity contribution in [1.82, 2.24) is 5.32 Å². The average Bonchev–Trinajstić information content (AvgIpc) is 2.45. The molecule has 1 rings (SSSR count). The van der Waals surface area contributed by atoms with Crippen molar-refractivity contribution < 1.29 is 14.3 Å². The van der Waals surface area contributed by atoms with Crippen molar-refractivity contribution in [1.29, 1.82) is 0 Å². The highest BCUT2D eigenvalue weighted by atomic mass is 16.5. The van der Waals surface area contributed by atoms with Crippen LogP contribution in [-0.2, 0) is 4.74 Å². The zero-order chi connectivity index (χ0) is 16.4. The highest BCUT2D eigenvalue weighted by molar-refractivity contribution is 5.90. The van der Waals surface area contributed by atoms with Gasteiger partial charge in [-0.3, -0.25) is 0 Å². The Balaban J connectivity index is 2.33. The molecule has 1 aromatic rings. The van der Waals surface area contributed by atoms with Crippen molar-refractivity contribution in [2.45, 2.75) is 34.1 Å². The Morgan fingerprint density at radius 3 is 2.77 bits per heavy atom. The maximum atomic E-state index is 11.9. The third-order valence-electron chi connectivity index (χ3n) is 2.89. The van der Waals surface area contributed by atoms with Crippen LogP contribution in [0.15, 0.2) is 18.2 Å². The molecule has 0 aliphatic heterocycles. The summed E-state index contributed by atoms with van der Waals surface area (Å²) in [6, 6.07) is 5.48. The van der Waals surface area contributed by atoms with Gasteiger partial charge in [0.25, 0.3) is 0 Å². The minimum Gasteiger partial charge on any atom is -0.492 e. The van der Waals surface area contributed by atoms with Crippen LogP contribution in [-0.4, -0.2) is 32.4 Å². The number of anilines is 1. The van der Waals surface area contributed by atoms with Crippen LogP contribution in [0.2, 0.25) is 0 Å². The van der Waals surface area contributed by atoms with Crippen molar-refractivity contribution in [2.24, 2.45) is 5.92 Å². The normalized spacial score (nSPS) is 10.6. The number of amides is 2. The minimum absolute atomic E-state index is 0.228. The molecule has 0 bridgehead atoms. The standard InChI is InChI=1S/C17H28N2O3/c1-5-22-16-11-14(4)7-8-15(16)19-17(20)18-9-6-10-21-12-13(2)3/h7-8,11,13H,5-6,9-10,12H2,1-4H3,(H2,18,19,20). The first-order valence-corrected chi connectivity index (χ1v) is 7.89. The molecule has 124 valence electrons. The summed E-state index contributed by atoms with van der Waals surface area (Å²) >= 11 is 0. The number of aryl methyl sites for hydroxylation is 1. The van der Waals surface area contributed by atoms with Gasteiger partial charge in [-0.05, 0) is 43.9 Å². The van der Waals surface area contributed by atoms with E-state index < -0.39 is 0 Å². The zero-order valence-electron chi connectivity index (χ0n) is 14.1. The lowest BCUT2D eigenvalue weighted by Gasteiger charge is -2.13. The van der Waals surface area contributed by atoms with E-state index in [0.29, 0.717) is 37.1 Å². The van der Waals surface area contributed by atoms with Gasteiger partial charge in [0.15, 0.2) is 0 Å². The van der Waals surface area contributed by atoms with E-state index in [0.717, 1.165) is 18.6 Å². The van der Waals surface area contributed by atoms with Crippen molar-refractivity contribution in [2.75, 3.05) is 31.7 Å². The molecule has 0 saturated heterocycles. The van der Waals surface area contributed by atoms with E-state index in [1.807, 2.05) is 32.0 Å². The molecule has 2 N–H and O–H groups in total. The summed E-state index contributed by atoms with van der Waals surface area (Å²) in [5.41, 5.74) is 1.78. The number of ether oxygens (including phenoxy) is 2. The number of carbonyl (C=O) groups is 1. The van der Waals surface area contributed by atoms with Gasteiger partial charge in [-0.25, -0.2) is 4.79 Å². The predicted octanol–water partition coefficient (Wildman–Crippen LogP) is 3.58. The molecule has 0 atom stereocenters. The summed E-state index contributed by atoms with van der Waals surface area (Å²) in [5, 5.41) is 5.63. The first-order valence-electron chi connectivity index (χ1n) is 7.89. The zero-order valence-corrected chi connectivity index (χ0v) is 14.1. The molecule has 5 heteroatoms. The van der Waals surface area contributed by atoms with Gasteiger partial charge in [-0.2, -0.15) is 0 Å². The van der Waals surface area contributed by atoms with Crippen molar-refractivity contribution >= 4 is 11.7 Å². The van der Waals surface area contributed by atoms with E-state index in [4.69, 9.17) is 9.47 Å². The van der Waals surface area contributed by atoms with Crippen LogP contribution in [0.5, 0.6) is 5.75 Å². The van der Waals surface area contributed by atoms with Gasteiger partial charge < -0.3 is 20.1 Å². The fourth-order valence-corrected chi connectivity index (χ4v) is 1.87. The van der Waals surface area contributed by atoms with E-state index in [-0.39, 0.29) is 6.03 Å². The molecule has 5 nitrogen and oxygen atoms in total. The molecule has 0 unspecified atom stereocenters. The van der Waals surface area contributed by atoms with E-state index in [2.05, 4.69) is 24.5 Å². The summed E-state index contributed by atoms with van der Waals surface area (Å²) in [6.07, 6.45) is 0.798. The van der Waals surface area contributed by atoms with Crippen LogP contribution in [0.3, 0.4) is 0 Å². The predicted molar refractivity (Wildman–Crippen MR) is 89.6 cm³/mol. The molecule has 0 heterocycles. The fourth-order valence-electron chi connectivity index (χ4n) is 1.87. The Hall–Kier alpha value is -1.75. The largest absolute Gasteiger partial charge is 0.492 e. The Morgan fingerprint density at radius 2 is 2.09 bits per heavy atom. The van der Waals surface area contributed by atoms with Crippen LogP contribution in [0.25, 0.3) is 0 Å². The quantitative estimate of drug-likeness (QED) is 0.686. The van der Waals surface area contributed by atoms with Crippen LogP contribution in [0.4, 0.5) is 10.5 Å². The molecule has 0 fully saturated rings. The van der Waals surface area contributed by atoms with Crippen LogP contribution < -0.4 is 15.4 Å². The van der Waals surface area contributed by atoms with Crippen molar-refractivity contribution in [3.63, 3.8) is 0 Å². The average molecular weight is 308 g/mol. The highest BCUT2D eigenvalue weighted by Crippen LogP contribution is 2.25. The Labute approximate surface area is 133 Å². The van der Waals surface area contributed by atoms with Gasteiger partial charge >= 0.3 is 6.03 Å². The van der Waals surface area contributed by atoms with Gasteiger partial charge in [-0.1, -0.05) is 19.9 Å². The van der Waals surface area contributed by atoms with E-state index in [9.17, 15) is 4.79 Å². The lowest BCUT2D eigenvalue weighted by Crippen LogP contribution is -2.30. The molecular weight excluding hydrogens is 280 g/mol. The number of hydrogen-bond donors (Lipinski definition) is 2. The third kappa shape index (κ3) is 7.31. The minimum atomic E-state index is -0.228. The summed E-state index contributed by atoms with van der Waals surface area (Å²) in [7, 11) is 0. The summed E-state index contributed by atoms with van der Waals surface area (Å²) < 4.78 is 11.0. The van der Waals surface area contributed by atoms with Gasteiger partial charge in [0.05, 0.1) is 12.3 Å². The van der Waals surface area contributed by atoms with Gasteiger partial charge in [-0.15, -0.1) is 0 Å². The van der Waals surface area contributed by atoms with Gasteiger partial charge in [0.1, 0.15) is 5.75 Å². The number of urea groups is 1. The highest BCUT2D eigenvalue weighted by Gasteiger charge is 2.07. The number of hydrogen-bond acceptors (Lipinski definition) is 3. The number of benzene rings is 1. The first kappa shape index (κ1) is 18.3. The molecule has 0 aliphatic rings. The number of nitrogens with one attached hydrogen (secondary N) is 2. The molecule has 0 aromatic heterocycles. The maximum Gasteiger partial charge on any atom is 0.319 e. The number of rotatable bonds is 9. The van der Waals surface area contributed by atoms with E-state index in [1.54, 1.807) is 0 Å². The molecule has 22 heavy (non-hydrogen) atoms. The molecule has 1 aromatic carbocycles. The van der Waals surface area contributed by atoms with Crippen LogP contribution in [0, 0.1) is 12.8 Å². The van der Waals surface area contributed by atoms with Gasteiger partial charge in [0.2, 0.25) is 0 Å². The lowest BCUT2D eigenvalue weighted by atomic mass is 10.2. The SMILES string of the molecule is CCOc1cc(C)ccc1NC(=O)NCCCOCC(C)C. The molecule has 0 aliphatic carbocycles. The molecular formula is C17H28N2O3. The summed E-state index contributed by atoms with van der Waals surface area (Å²) in [6.45, 7) is 10.7. The molecule has 0 spiro atoms. The number of carbonyl (C=O) groups excluding carboxylic acids is 1. The monoisotopic (exact) mass is 308 g/mol. The van der Waals surface area contributed by atoms with Crippen molar-refractivity contribution in [3.8, 4) is 5.75 Å². The first-order chi connectivity index (χ1) is 10.5. The van der Waals surface area contributed by atoms with E-state index >= 15 is 0 Å². The summed E-state index contributed by atoms with van der Waals surface area (Å²) in [4.78, 5) is 11.9. The topological polar surface area (TPSA) is 59.6 Å². The fraction of sp³-hybridized carbons (Fsp3) is 0.588. The Bertz CT molecular complexity index is 461. The Kier molecular flexibility index (Phi) is 8.36. The second-order valence-corrected chi connectivity index (χ2v) is 5.64. The second kappa shape index (κ2) is 10.1. The molecule has 0 saturated carbocycles. The second-order valence-electron chi connectivity index (χ2n) is 5.64. The van der Waals surface area contributed by atoms with Gasteiger partial charge in [0, 0.05) is 19.8 Å². The summed E-state index contributed by atoms with van der Waals surface area (Å²) in [5.74, 6) is 1.23. The van der Waals surface area contributed by atoms with Crippen molar-refractivity contribution in [3.05, 3.63) is 23.8 Å². The lowest BCUT2D eigenvalue weighted by molar-refractivity contribution is 0.108. The molecule has 2 amide bonds. The maximum absolute atomic E-state index is 11.9. The molecule has 0 radical (unpaired) electrons. The Morgan fingerprint density at radius 1 is 1.32 bits per heavy atom.